The van der Waals surface area contributed by atoms with Crippen LogP contribution in [0.15, 0.2) is 12.2 Å². The molecule has 0 aromatic carbocycles. The predicted octanol–water partition coefficient (Wildman–Crippen LogP) is 3.49. The molecule has 0 N–H and O–H groups in total. The minimum Gasteiger partial charge on any atom is -0.395 e. The van der Waals surface area contributed by atoms with Crippen LogP contribution in [-0.4, -0.2) is 21.8 Å². The van der Waals surface area contributed by atoms with Gasteiger partial charge in [0.05, 0.1) is 0 Å². The molecule has 0 aliphatic heterocycles. The largest absolute Gasteiger partial charge is 0.395 e. The van der Waals surface area contributed by atoms with E-state index >= 15 is 0 Å². The minimum absolute atomic E-state index is 0.751. The smallest absolute Gasteiger partial charge is 0.331 e. The van der Waals surface area contributed by atoms with Crippen LogP contribution in [0.3, 0.4) is 0 Å². The number of rotatable bonds is 8. The van der Waals surface area contributed by atoms with Crippen molar-refractivity contribution in [2.75, 3.05) is 13.2 Å². The quantitative estimate of drug-likeness (QED) is 0.351. The standard InChI is InChI=1S/C11H24O2Si/c1-6-7-9-12-14(4,5)13-10-8-11(2)3/h2,6-10H2,1,3-5H3. The minimum atomic E-state index is -1.85. The lowest BCUT2D eigenvalue weighted by molar-refractivity contribution is 0.178. The third-order valence-corrected chi connectivity index (χ3v) is 3.72. The Bertz CT molecular complexity index is 167. The Kier molecular flexibility index (Phi) is 7.14. The van der Waals surface area contributed by atoms with Gasteiger partial charge in [-0.1, -0.05) is 18.9 Å². The maximum Gasteiger partial charge on any atom is 0.331 e. The molecule has 0 aliphatic rings. The fraction of sp³-hybridized carbons (Fsp3) is 0.818. The molecule has 0 unspecified atom stereocenters. The molecule has 0 saturated heterocycles. The Morgan fingerprint density at radius 3 is 2.29 bits per heavy atom. The number of unbranched alkanes of at least 4 members (excludes halogenated alkanes) is 1. The normalized spacial score (nSPS) is 11.7. The van der Waals surface area contributed by atoms with Crippen molar-refractivity contribution in [1.29, 1.82) is 0 Å². The van der Waals surface area contributed by atoms with Crippen molar-refractivity contribution in [3.63, 3.8) is 0 Å². The first kappa shape index (κ1) is 13.9. The van der Waals surface area contributed by atoms with Crippen LogP contribution in [0.5, 0.6) is 0 Å². The van der Waals surface area contributed by atoms with Gasteiger partial charge >= 0.3 is 8.56 Å². The molecular weight excluding hydrogens is 192 g/mol. The molecule has 84 valence electrons. The monoisotopic (exact) mass is 216 g/mol. The fourth-order valence-electron chi connectivity index (χ4n) is 0.975. The van der Waals surface area contributed by atoms with E-state index in [2.05, 4.69) is 26.6 Å². The Balaban J connectivity index is 3.55. The Morgan fingerprint density at radius 2 is 1.79 bits per heavy atom. The average molecular weight is 216 g/mol. The van der Waals surface area contributed by atoms with Crippen molar-refractivity contribution in [2.45, 2.75) is 46.2 Å². The summed E-state index contributed by atoms with van der Waals surface area (Å²) in [5.74, 6) is 0. The van der Waals surface area contributed by atoms with Gasteiger partial charge in [-0.05, 0) is 32.9 Å². The van der Waals surface area contributed by atoms with Gasteiger partial charge in [0.15, 0.2) is 0 Å². The van der Waals surface area contributed by atoms with E-state index in [4.69, 9.17) is 8.85 Å². The highest BCUT2D eigenvalue weighted by molar-refractivity contribution is 6.64. The second kappa shape index (κ2) is 7.21. The zero-order valence-corrected chi connectivity index (χ0v) is 11.1. The van der Waals surface area contributed by atoms with Gasteiger partial charge in [0.25, 0.3) is 0 Å². The third-order valence-electron chi connectivity index (χ3n) is 1.93. The molecule has 0 saturated carbocycles. The molecule has 0 aliphatic carbocycles. The molecule has 0 amide bonds. The van der Waals surface area contributed by atoms with Crippen LogP contribution in [0.4, 0.5) is 0 Å². The molecule has 3 heteroatoms. The summed E-state index contributed by atoms with van der Waals surface area (Å²) in [6.45, 7) is 13.8. The molecular formula is C11H24O2Si. The Morgan fingerprint density at radius 1 is 1.21 bits per heavy atom. The molecule has 0 bridgehead atoms. The topological polar surface area (TPSA) is 18.5 Å². The average Bonchev–Trinajstić information content (AvgIpc) is 2.03. The van der Waals surface area contributed by atoms with Crippen molar-refractivity contribution in [3.05, 3.63) is 12.2 Å². The first-order chi connectivity index (χ1) is 6.48. The first-order valence-electron chi connectivity index (χ1n) is 5.40. The predicted molar refractivity (Wildman–Crippen MR) is 63.7 cm³/mol. The van der Waals surface area contributed by atoms with Gasteiger partial charge < -0.3 is 8.85 Å². The molecule has 0 aromatic rings. The van der Waals surface area contributed by atoms with E-state index in [1.54, 1.807) is 0 Å². The van der Waals surface area contributed by atoms with Gasteiger partial charge in [0.1, 0.15) is 0 Å². The third kappa shape index (κ3) is 8.47. The lowest BCUT2D eigenvalue weighted by atomic mass is 10.3. The molecule has 14 heavy (non-hydrogen) atoms. The summed E-state index contributed by atoms with van der Waals surface area (Å²) < 4.78 is 11.5. The van der Waals surface area contributed by atoms with E-state index in [0.717, 1.165) is 26.1 Å². The number of hydrogen-bond donors (Lipinski definition) is 0. The fourth-order valence-corrected chi connectivity index (χ4v) is 2.29. The maximum absolute atomic E-state index is 5.74. The van der Waals surface area contributed by atoms with Gasteiger partial charge in [-0.15, -0.1) is 6.58 Å². The van der Waals surface area contributed by atoms with Crippen molar-refractivity contribution >= 4 is 8.56 Å². The van der Waals surface area contributed by atoms with Crippen LogP contribution in [0.25, 0.3) is 0 Å². The van der Waals surface area contributed by atoms with E-state index in [1.165, 1.54) is 12.0 Å². The van der Waals surface area contributed by atoms with Crippen molar-refractivity contribution < 1.29 is 8.85 Å². The molecule has 0 radical (unpaired) electrons. The zero-order chi connectivity index (χ0) is 11.0. The van der Waals surface area contributed by atoms with Gasteiger partial charge in [0, 0.05) is 13.2 Å². The summed E-state index contributed by atoms with van der Waals surface area (Å²) in [5.41, 5.74) is 1.17. The second-order valence-electron chi connectivity index (χ2n) is 4.16. The van der Waals surface area contributed by atoms with Crippen LogP contribution in [0.1, 0.15) is 33.1 Å². The van der Waals surface area contributed by atoms with Crippen LogP contribution >= 0.6 is 0 Å². The van der Waals surface area contributed by atoms with Gasteiger partial charge in [-0.2, -0.15) is 0 Å². The first-order valence-corrected chi connectivity index (χ1v) is 8.22. The SMILES string of the molecule is C=C(C)CCO[Si](C)(C)OCCCC. The van der Waals surface area contributed by atoms with Gasteiger partial charge in [-0.25, -0.2) is 0 Å². The van der Waals surface area contributed by atoms with Gasteiger partial charge in [0.2, 0.25) is 0 Å². The lowest BCUT2D eigenvalue weighted by Gasteiger charge is -2.22. The highest BCUT2D eigenvalue weighted by atomic mass is 28.4. The molecule has 0 atom stereocenters. The lowest BCUT2D eigenvalue weighted by Crippen LogP contribution is -2.35. The van der Waals surface area contributed by atoms with Crippen LogP contribution in [-0.2, 0) is 8.85 Å². The highest BCUT2D eigenvalue weighted by Gasteiger charge is 2.23. The van der Waals surface area contributed by atoms with E-state index in [1.807, 2.05) is 6.92 Å². The van der Waals surface area contributed by atoms with Crippen LogP contribution < -0.4 is 0 Å². The Hall–Kier alpha value is -0.123. The molecule has 0 spiro atoms. The van der Waals surface area contributed by atoms with Crippen molar-refractivity contribution in [3.8, 4) is 0 Å². The van der Waals surface area contributed by atoms with Gasteiger partial charge in [-0.3, -0.25) is 0 Å². The molecule has 0 aromatic heterocycles. The van der Waals surface area contributed by atoms with Crippen LogP contribution in [0, 0.1) is 0 Å². The van der Waals surface area contributed by atoms with Crippen molar-refractivity contribution in [2.24, 2.45) is 0 Å². The van der Waals surface area contributed by atoms with Crippen LogP contribution in [0.2, 0.25) is 13.1 Å². The van der Waals surface area contributed by atoms with E-state index in [0.29, 0.717) is 0 Å². The van der Waals surface area contributed by atoms with E-state index < -0.39 is 8.56 Å². The van der Waals surface area contributed by atoms with E-state index in [9.17, 15) is 0 Å². The number of hydrogen-bond acceptors (Lipinski definition) is 2. The molecule has 2 nitrogen and oxygen atoms in total. The van der Waals surface area contributed by atoms with Crippen molar-refractivity contribution in [1.82, 2.24) is 0 Å². The summed E-state index contributed by atoms with van der Waals surface area (Å²) in [7, 11) is -1.85. The summed E-state index contributed by atoms with van der Waals surface area (Å²) in [6.07, 6.45) is 3.24. The second-order valence-corrected chi connectivity index (χ2v) is 7.53. The summed E-state index contributed by atoms with van der Waals surface area (Å²) >= 11 is 0. The highest BCUT2D eigenvalue weighted by Crippen LogP contribution is 2.09. The molecule has 0 rings (SSSR count). The maximum atomic E-state index is 5.74. The summed E-state index contributed by atoms with van der Waals surface area (Å²) in [4.78, 5) is 0. The Labute approximate surface area is 89.6 Å². The summed E-state index contributed by atoms with van der Waals surface area (Å²) in [6, 6.07) is 0. The van der Waals surface area contributed by atoms with E-state index in [-0.39, 0.29) is 0 Å². The zero-order valence-electron chi connectivity index (χ0n) is 10.1. The molecule has 0 fully saturated rings. The summed E-state index contributed by atoms with van der Waals surface area (Å²) in [5, 5.41) is 0. The molecule has 0 heterocycles.